The number of hydrogen-bond acceptors (Lipinski definition) is 2. The molecule has 6 aromatic rings. The minimum absolute atomic E-state index is 1.03. The van der Waals surface area contributed by atoms with Gasteiger partial charge in [0, 0.05) is 27.8 Å². The molecule has 0 atom stereocenters. The fraction of sp³-hybridized carbons (Fsp3) is 0.0294. The van der Waals surface area contributed by atoms with Crippen LogP contribution in [0.5, 0.6) is 0 Å². The first-order valence-electron chi connectivity index (χ1n) is 12.1. The first-order valence-corrected chi connectivity index (χ1v) is 12.9. The molecule has 1 aromatic heterocycles. The van der Waals surface area contributed by atoms with Gasteiger partial charge in [0.15, 0.2) is 0 Å². The summed E-state index contributed by atoms with van der Waals surface area (Å²) >= 11 is 1.73. The fourth-order valence-electron chi connectivity index (χ4n) is 4.82. The van der Waals surface area contributed by atoms with Crippen LogP contribution < -0.4 is 0 Å². The van der Waals surface area contributed by atoms with E-state index in [0.717, 1.165) is 21.6 Å². The highest BCUT2D eigenvalue weighted by molar-refractivity contribution is 8.08. The van der Waals surface area contributed by atoms with Crippen molar-refractivity contribution in [3.63, 3.8) is 0 Å². The Morgan fingerprint density at radius 2 is 1.33 bits per heavy atom. The van der Waals surface area contributed by atoms with Crippen LogP contribution in [0, 0.1) is 6.92 Å². The molecule has 0 fully saturated rings. The average Bonchev–Trinajstić information content (AvgIpc) is 2.93. The topological polar surface area (TPSA) is 12.9 Å². The third kappa shape index (κ3) is 4.21. The molecule has 0 aliphatic carbocycles. The maximum atomic E-state index is 4.50. The number of nitrogens with zero attached hydrogens (tertiary/aromatic N) is 1. The minimum atomic E-state index is 1.03. The van der Waals surface area contributed by atoms with Crippen molar-refractivity contribution in [1.29, 1.82) is 0 Å². The summed E-state index contributed by atoms with van der Waals surface area (Å²) < 4.78 is 0. The Morgan fingerprint density at radius 1 is 0.667 bits per heavy atom. The molecule has 0 aliphatic heterocycles. The minimum Gasteiger partial charge on any atom is -0.264 e. The van der Waals surface area contributed by atoms with Crippen molar-refractivity contribution in [3.05, 3.63) is 139 Å². The van der Waals surface area contributed by atoms with Crippen LogP contribution in [0.1, 0.15) is 11.1 Å². The normalized spacial score (nSPS) is 11.1. The number of pyridine rings is 1. The molecular weight excluding hydrogens is 454 g/mol. The number of hydrogen-bond donors (Lipinski definition) is 0. The van der Waals surface area contributed by atoms with Crippen molar-refractivity contribution in [3.8, 4) is 22.3 Å². The van der Waals surface area contributed by atoms with Gasteiger partial charge < -0.3 is 0 Å². The smallest absolute Gasteiger partial charge is 0.0346 e. The van der Waals surface area contributed by atoms with Crippen molar-refractivity contribution >= 4 is 38.2 Å². The van der Waals surface area contributed by atoms with Crippen molar-refractivity contribution in [2.45, 2.75) is 11.8 Å². The van der Waals surface area contributed by atoms with Gasteiger partial charge in [0.25, 0.3) is 0 Å². The summed E-state index contributed by atoms with van der Waals surface area (Å²) in [5.41, 5.74) is 7.05. The highest BCUT2D eigenvalue weighted by Crippen LogP contribution is 2.42. The molecule has 5 aromatic carbocycles. The third-order valence-electron chi connectivity index (χ3n) is 6.64. The second-order valence-corrected chi connectivity index (χ2v) is 10.2. The van der Waals surface area contributed by atoms with Gasteiger partial charge in [-0.15, -0.1) is 0 Å². The molecule has 0 amide bonds. The molecule has 6 rings (SSSR count). The predicted molar refractivity (Wildman–Crippen MR) is 156 cm³/mol. The predicted octanol–water partition coefficient (Wildman–Crippen LogP) is 9.79. The average molecular weight is 480 g/mol. The zero-order valence-corrected chi connectivity index (χ0v) is 20.9. The number of thioether (sulfide) groups is 1. The summed E-state index contributed by atoms with van der Waals surface area (Å²) in [4.78, 5) is 6.65. The van der Waals surface area contributed by atoms with Crippen molar-refractivity contribution < 1.29 is 0 Å². The van der Waals surface area contributed by atoms with E-state index < -0.39 is 0 Å². The molecule has 172 valence electrons. The summed E-state index contributed by atoms with van der Waals surface area (Å²) in [5, 5.41) is 4.99. The van der Waals surface area contributed by atoms with Crippen LogP contribution in [0.3, 0.4) is 0 Å². The number of benzene rings is 5. The van der Waals surface area contributed by atoms with E-state index in [0.29, 0.717) is 0 Å². The van der Waals surface area contributed by atoms with E-state index in [-0.39, 0.29) is 0 Å². The van der Waals surface area contributed by atoms with E-state index in [1.807, 2.05) is 18.5 Å². The summed E-state index contributed by atoms with van der Waals surface area (Å²) in [7, 11) is 0. The van der Waals surface area contributed by atoms with Gasteiger partial charge in [-0.1, -0.05) is 91.1 Å². The Bertz CT molecular complexity index is 1680. The lowest BCUT2D eigenvalue weighted by Gasteiger charge is -2.16. The van der Waals surface area contributed by atoms with E-state index in [9.17, 15) is 0 Å². The highest BCUT2D eigenvalue weighted by atomic mass is 32.2. The van der Waals surface area contributed by atoms with Crippen LogP contribution in [0.25, 0.3) is 48.7 Å². The van der Waals surface area contributed by atoms with Gasteiger partial charge in [-0.25, -0.2) is 0 Å². The monoisotopic (exact) mass is 479 g/mol. The van der Waals surface area contributed by atoms with Crippen LogP contribution >= 0.6 is 11.8 Å². The number of fused-ring (bicyclic) bond motifs is 2. The molecule has 36 heavy (non-hydrogen) atoms. The van der Waals surface area contributed by atoms with E-state index in [4.69, 9.17) is 0 Å². The number of aryl methyl sites for hydroxylation is 1. The van der Waals surface area contributed by atoms with E-state index >= 15 is 0 Å². The van der Waals surface area contributed by atoms with Crippen molar-refractivity contribution in [2.24, 2.45) is 0 Å². The van der Waals surface area contributed by atoms with Gasteiger partial charge in [-0.3, -0.25) is 4.98 Å². The summed E-state index contributed by atoms with van der Waals surface area (Å²) in [6.07, 6.45) is 3.75. The largest absolute Gasteiger partial charge is 0.264 e. The third-order valence-corrected chi connectivity index (χ3v) is 7.80. The molecule has 2 heteroatoms. The van der Waals surface area contributed by atoms with Gasteiger partial charge >= 0.3 is 0 Å². The summed E-state index contributed by atoms with van der Waals surface area (Å²) in [6, 6.07) is 39.0. The lowest BCUT2D eigenvalue weighted by Crippen LogP contribution is -1.91. The quantitative estimate of drug-likeness (QED) is 0.180. The van der Waals surface area contributed by atoms with E-state index in [1.165, 1.54) is 43.1 Å². The van der Waals surface area contributed by atoms with Crippen LogP contribution in [0.2, 0.25) is 0 Å². The second-order valence-electron chi connectivity index (χ2n) is 9.03. The maximum absolute atomic E-state index is 4.50. The van der Waals surface area contributed by atoms with Gasteiger partial charge in [-0.2, -0.15) is 0 Å². The lowest BCUT2D eigenvalue weighted by atomic mass is 9.89. The van der Waals surface area contributed by atoms with Crippen LogP contribution in [0.4, 0.5) is 0 Å². The van der Waals surface area contributed by atoms with Crippen molar-refractivity contribution in [1.82, 2.24) is 4.98 Å². The summed E-state index contributed by atoms with van der Waals surface area (Å²) in [6.45, 7) is 6.65. The Balaban J connectivity index is 1.60. The van der Waals surface area contributed by atoms with Crippen LogP contribution in [-0.2, 0) is 0 Å². The van der Waals surface area contributed by atoms with Crippen LogP contribution in [0.15, 0.2) is 133 Å². The van der Waals surface area contributed by atoms with Gasteiger partial charge in [0.05, 0.1) is 0 Å². The summed E-state index contributed by atoms with van der Waals surface area (Å²) in [5.74, 6) is 0. The maximum Gasteiger partial charge on any atom is 0.0346 e. The molecule has 0 unspecified atom stereocenters. The highest BCUT2D eigenvalue weighted by Gasteiger charge is 2.14. The Morgan fingerprint density at radius 3 is 2.03 bits per heavy atom. The first-order chi connectivity index (χ1) is 17.7. The molecule has 0 aliphatic rings. The van der Waals surface area contributed by atoms with Crippen molar-refractivity contribution in [2.75, 3.05) is 0 Å². The number of rotatable bonds is 5. The molecule has 0 N–H and O–H groups in total. The molecule has 1 heterocycles. The molecule has 0 radical (unpaired) electrons. The lowest BCUT2D eigenvalue weighted by molar-refractivity contribution is 1.31. The molecule has 0 saturated carbocycles. The molecule has 0 spiro atoms. The van der Waals surface area contributed by atoms with Gasteiger partial charge in [0.1, 0.15) is 0 Å². The SMILES string of the molecule is C=C(Sc1ccccc1C)c1cc(-c2cccnc2)cc(-c2c3ccccc3cc3ccccc23)c1. The number of aromatic nitrogens is 1. The van der Waals surface area contributed by atoms with Crippen LogP contribution in [-0.4, -0.2) is 4.98 Å². The Kier molecular flexibility index (Phi) is 5.88. The molecule has 1 nitrogen and oxygen atoms in total. The molecule has 0 saturated heterocycles. The van der Waals surface area contributed by atoms with E-state index in [1.54, 1.807) is 11.8 Å². The first kappa shape index (κ1) is 22.3. The molecular formula is C34H25NS. The fourth-order valence-corrected chi connectivity index (χ4v) is 5.70. The Labute approximate surface area is 216 Å². The zero-order chi connectivity index (χ0) is 24.5. The Hall–Kier alpha value is -4.14. The zero-order valence-electron chi connectivity index (χ0n) is 20.1. The van der Waals surface area contributed by atoms with Gasteiger partial charge in [0.2, 0.25) is 0 Å². The standard InChI is InChI=1S/C34H25NS/c1-23-10-3-8-16-33(23)36-24(2)28-19-29(27-13-9-17-35-22-27)21-30(20-28)34-31-14-6-4-11-25(31)18-26-12-5-7-15-32(26)34/h3-22H,2H2,1H3. The van der Waals surface area contributed by atoms with E-state index in [2.05, 4.69) is 122 Å². The molecule has 0 bridgehead atoms. The second kappa shape index (κ2) is 9.49. The van der Waals surface area contributed by atoms with Gasteiger partial charge in [-0.05, 0) is 92.7 Å².